The van der Waals surface area contributed by atoms with Crippen LogP contribution in [0.3, 0.4) is 0 Å². The Morgan fingerprint density at radius 2 is 2.12 bits per heavy atom. The summed E-state index contributed by atoms with van der Waals surface area (Å²) >= 11 is 6.54. The maximum atomic E-state index is 12.5. The van der Waals surface area contributed by atoms with Gasteiger partial charge in [0.2, 0.25) is 0 Å². The Morgan fingerprint density at radius 1 is 1.53 bits per heavy atom. The van der Waals surface area contributed by atoms with Gasteiger partial charge in [-0.15, -0.1) is 0 Å². The van der Waals surface area contributed by atoms with Crippen LogP contribution >= 0.6 is 22.9 Å². The Morgan fingerprint density at radius 3 is 2.53 bits per heavy atom. The van der Waals surface area contributed by atoms with Crippen LogP contribution in [0, 0.1) is 11.7 Å². The number of aromatic nitrogens is 1. The van der Waals surface area contributed by atoms with E-state index in [1.807, 2.05) is 0 Å². The van der Waals surface area contributed by atoms with E-state index in [1.54, 1.807) is 6.92 Å². The van der Waals surface area contributed by atoms with Crippen molar-refractivity contribution in [3.63, 3.8) is 0 Å². The Labute approximate surface area is 105 Å². The Hall–Kier alpha value is -0.600. The van der Waals surface area contributed by atoms with Crippen molar-refractivity contribution in [1.29, 1.82) is 4.78 Å². The van der Waals surface area contributed by atoms with Gasteiger partial charge in [-0.3, -0.25) is 0 Å². The first kappa shape index (κ1) is 14.5. The summed E-state index contributed by atoms with van der Waals surface area (Å²) in [6.45, 7) is 1.57. The summed E-state index contributed by atoms with van der Waals surface area (Å²) in [5.74, 6) is -2.19. The van der Waals surface area contributed by atoms with Gasteiger partial charge in [0.1, 0.15) is 14.1 Å². The van der Waals surface area contributed by atoms with Gasteiger partial charge in [0.05, 0.1) is 5.69 Å². The van der Waals surface area contributed by atoms with Gasteiger partial charge in [-0.25, -0.2) is 18.4 Å². The number of thiazole rings is 1. The third-order valence-electron chi connectivity index (χ3n) is 1.82. The van der Waals surface area contributed by atoms with Crippen molar-refractivity contribution in [1.82, 2.24) is 4.98 Å². The highest BCUT2D eigenvalue weighted by atomic mass is 35.5. The highest BCUT2D eigenvalue weighted by Crippen LogP contribution is 2.28. The first-order chi connectivity index (χ1) is 7.74. The molecule has 0 bridgehead atoms. The van der Waals surface area contributed by atoms with E-state index in [4.69, 9.17) is 16.4 Å². The van der Waals surface area contributed by atoms with E-state index in [1.165, 1.54) is 0 Å². The number of allylic oxidation sites excluding steroid dienone is 1. The summed E-state index contributed by atoms with van der Waals surface area (Å²) in [4.78, 5) is 3.80. The van der Waals surface area contributed by atoms with E-state index >= 15 is 0 Å². The minimum atomic E-state index is -3.38. The molecule has 0 amide bonds. The monoisotopic (exact) mass is 304 g/mol. The van der Waals surface area contributed by atoms with E-state index in [2.05, 4.69) is 4.98 Å². The van der Waals surface area contributed by atoms with Crippen LogP contribution in [0.5, 0.6) is 0 Å². The number of hydrogen-bond donors (Lipinski definition) is 1. The Bertz CT molecular complexity index is 530. The van der Waals surface area contributed by atoms with Gasteiger partial charge >= 0.3 is 6.08 Å². The molecule has 0 spiro atoms. The molecule has 0 aromatic carbocycles. The summed E-state index contributed by atoms with van der Waals surface area (Å²) in [5, 5.41) is 0. The summed E-state index contributed by atoms with van der Waals surface area (Å²) in [6, 6.07) is 0. The van der Waals surface area contributed by atoms with Crippen LogP contribution in [0.2, 0.25) is 4.34 Å². The predicted molar refractivity (Wildman–Crippen MR) is 60.8 cm³/mol. The van der Waals surface area contributed by atoms with Crippen LogP contribution < -0.4 is 0 Å². The fourth-order valence-corrected chi connectivity index (χ4v) is 3.80. The second-order valence-electron chi connectivity index (χ2n) is 3.13. The average Bonchev–Trinajstić information content (AvgIpc) is 2.56. The molecule has 1 atom stereocenters. The fourth-order valence-electron chi connectivity index (χ4n) is 0.910. The van der Waals surface area contributed by atoms with Crippen molar-refractivity contribution in [2.24, 2.45) is 0 Å². The average molecular weight is 305 g/mol. The molecule has 1 aromatic rings. The van der Waals surface area contributed by atoms with Crippen molar-refractivity contribution in [3.05, 3.63) is 21.9 Å². The summed E-state index contributed by atoms with van der Waals surface area (Å²) in [6.07, 6.45) is -3.20. The quantitative estimate of drug-likeness (QED) is 0.914. The van der Waals surface area contributed by atoms with Crippen LogP contribution in [0.1, 0.15) is 12.1 Å². The van der Waals surface area contributed by atoms with Gasteiger partial charge in [-0.05, 0) is 6.92 Å². The second kappa shape index (κ2) is 5.36. The minimum Gasteiger partial charge on any atom is -0.247 e. The first-order valence-corrected chi connectivity index (χ1v) is 7.25. The molecule has 17 heavy (non-hydrogen) atoms. The number of aryl methyl sites for hydroxylation is 1. The molecule has 0 saturated heterocycles. The molecule has 0 aliphatic heterocycles. The van der Waals surface area contributed by atoms with E-state index in [9.17, 15) is 17.4 Å². The number of halogens is 4. The van der Waals surface area contributed by atoms with Gasteiger partial charge in [-0.2, -0.15) is 8.78 Å². The molecule has 0 fully saturated rings. The van der Waals surface area contributed by atoms with Gasteiger partial charge in [-0.1, -0.05) is 22.9 Å². The molecule has 0 saturated carbocycles. The van der Waals surface area contributed by atoms with Gasteiger partial charge in [0, 0.05) is 12.2 Å². The summed E-state index contributed by atoms with van der Waals surface area (Å²) in [7, 11) is -3.38. The molecule has 0 radical (unpaired) electrons. The highest BCUT2D eigenvalue weighted by Gasteiger charge is 2.18. The van der Waals surface area contributed by atoms with Crippen molar-refractivity contribution in [2.75, 3.05) is 5.75 Å². The topological polar surface area (TPSA) is 53.8 Å². The number of hydrogen-bond acceptors (Lipinski definition) is 4. The van der Waals surface area contributed by atoms with Crippen LogP contribution in [0.25, 0.3) is 0 Å². The van der Waals surface area contributed by atoms with E-state index in [0.29, 0.717) is 5.69 Å². The molecular formula is C8H8ClF3N2OS2. The molecular weight excluding hydrogens is 297 g/mol. The number of rotatable bonds is 4. The zero-order valence-corrected chi connectivity index (χ0v) is 11.0. The zero-order valence-electron chi connectivity index (χ0n) is 8.60. The standard InChI is InChI=1S/C8H8ClF3N2OS2/c1-4-6(9)16-8(14-4)17(13,15)3-2-5(10)7(11)12/h13H,2-3H2,1H3. The van der Waals surface area contributed by atoms with Crippen LogP contribution in [-0.2, 0) is 9.73 Å². The third kappa shape index (κ3) is 3.68. The molecule has 3 nitrogen and oxygen atoms in total. The largest absolute Gasteiger partial charge is 0.301 e. The molecule has 1 rings (SSSR count). The smallest absolute Gasteiger partial charge is 0.247 e. The van der Waals surface area contributed by atoms with Crippen LogP contribution in [0.4, 0.5) is 13.2 Å². The molecule has 0 aliphatic rings. The maximum Gasteiger partial charge on any atom is 0.301 e. The predicted octanol–water partition coefficient (Wildman–Crippen LogP) is 3.98. The molecule has 1 N–H and O–H groups in total. The minimum absolute atomic E-state index is 0.0629. The highest BCUT2D eigenvalue weighted by molar-refractivity contribution is 7.94. The lowest BCUT2D eigenvalue weighted by Gasteiger charge is -2.01. The number of nitrogens with one attached hydrogen (secondary N) is 1. The van der Waals surface area contributed by atoms with Crippen LogP contribution in [-0.4, -0.2) is 14.9 Å². The SMILES string of the molecule is Cc1nc(S(=N)(=O)CCC(F)=C(F)F)sc1Cl. The molecule has 9 heteroatoms. The van der Waals surface area contributed by atoms with Gasteiger partial charge in [0.25, 0.3) is 0 Å². The lowest BCUT2D eigenvalue weighted by atomic mass is 10.4. The van der Waals surface area contributed by atoms with Crippen LogP contribution in [0.15, 0.2) is 16.2 Å². The molecule has 1 unspecified atom stereocenters. The summed E-state index contributed by atoms with van der Waals surface area (Å²) in [5.41, 5.74) is 0.416. The Kier molecular flexibility index (Phi) is 4.56. The van der Waals surface area contributed by atoms with E-state index < -0.39 is 33.8 Å². The normalized spacial score (nSPS) is 14.4. The summed E-state index contributed by atoms with van der Waals surface area (Å²) < 4.78 is 55.6. The lowest BCUT2D eigenvalue weighted by molar-refractivity contribution is 0.373. The van der Waals surface area contributed by atoms with Gasteiger partial charge < -0.3 is 0 Å². The van der Waals surface area contributed by atoms with E-state index in [0.717, 1.165) is 11.3 Å². The van der Waals surface area contributed by atoms with Crippen molar-refractivity contribution in [3.8, 4) is 0 Å². The molecule has 96 valence electrons. The Balaban J connectivity index is 2.87. The van der Waals surface area contributed by atoms with E-state index in [-0.39, 0.29) is 8.68 Å². The number of nitrogens with zero attached hydrogens (tertiary/aromatic N) is 1. The zero-order chi connectivity index (χ0) is 13.2. The molecule has 1 heterocycles. The van der Waals surface area contributed by atoms with Gasteiger partial charge in [0.15, 0.2) is 10.2 Å². The van der Waals surface area contributed by atoms with Crippen molar-refractivity contribution in [2.45, 2.75) is 17.7 Å². The molecule has 0 aliphatic carbocycles. The lowest BCUT2D eigenvalue weighted by Crippen LogP contribution is -2.05. The van der Waals surface area contributed by atoms with Crippen molar-refractivity contribution >= 4 is 32.7 Å². The molecule has 1 aromatic heterocycles. The first-order valence-electron chi connectivity index (χ1n) is 4.33. The second-order valence-corrected chi connectivity index (χ2v) is 7.14. The third-order valence-corrected chi connectivity index (χ3v) is 5.55. The fraction of sp³-hybridized carbons (Fsp3) is 0.375. The van der Waals surface area contributed by atoms with Crippen molar-refractivity contribution < 1.29 is 17.4 Å². The maximum absolute atomic E-state index is 12.5.